The molecule has 17 heavy (non-hydrogen) atoms. The minimum absolute atomic E-state index is 0.126. The van der Waals surface area contributed by atoms with Gasteiger partial charge in [0.25, 0.3) is 0 Å². The van der Waals surface area contributed by atoms with Gasteiger partial charge in [-0.25, -0.2) is 0 Å². The monoisotopic (exact) mass is 231 g/mol. The Kier molecular flexibility index (Phi) is 2.59. The normalized spacial score (nSPS) is 27.1. The van der Waals surface area contributed by atoms with Crippen LogP contribution in [0.1, 0.15) is 30.9 Å². The number of carbonyl (C=O) groups excluding carboxylic acids is 1. The highest BCUT2D eigenvalue weighted by molar-refractivity contribution is 5.85. The molecule has 0 aliphatic carbocycles. The van der Waals surface area contributed by atoms with E-state index in [0.717, 1.165) is 32.4 Å². The molecule has 3 heterocycles. The minimum atomic E-state index is -0.126. The molecule has 0 bridgehead atoms. The quantitative estimate of drug-likeness (QED) is 0.758. The van der Waals surface area contributed by atoms with E-state index in [-0.39, 0.29) is 17.4 Å². The molecule has 1 aromatic rings. The summed E-state index contributed by atoms with van der Waals surface area (Å²) in [4.78, 5) is 16.2. The maximum Gasteiger partial charge on any atom is 0.226 e. The van der Waals surface area contributed by atoms with Gasteiger partial charge < -0.3 is 10.6 Å². The van der Waals surface area contributed by atoms with Gasteiger partial charge >= 0.3 is 0 Å². The first-order chi connectivity index (χ1) is 8.30. The van der Waals surface area contributed by atoms with Crippen LogP contribution in [0.15, 0.2) is 24.5 Å². The van der Waals surface area contributed by atoms with E-state index in [2.05, 4.69) is 15.6 Å². The summed E-state index contributed by atoms with van der Waals surface area (Å²) < 4.78 is 0. The fourth-order valence-electron chi connectivity index (χ4n) is 2.98. The first-order valence-corrected chi connectivity index (χ1v) is 6.22. The van der Waals surface area contributed by atoms with E-state index >= 15 is 0 Å². The number of piperidine rings is 1. The highest BCUT2D eigenvalue weighted by Gasteiger charge is 2.47. The molecule has 2 fully saturated rings. The van der Waals surface area contributed by atoms with E-state index < -0.39 is 0 Å². The third kappa shape index (κ3) is 1.82. The van der Waals surface area contributed by atoms with Crippen molar-refractivity contribution in [3.8, 4) is 0 Å². The summed E-state index contributed by atoms with van der Waals surface area (Å²) in [6, 6.07) is 4.15. The number of nitrogens with one attached hydrogen (secondary N) is 2. The highest BCUT2D eigenvalue weighted by atomic mass is 16.2. The number of amides is 1. The Bertz CT molecular complexity index is 412. The number of aromatic nitrogens is 1. The van der Waals surface area contributed by atoms with Crippen molar-refractivity contribution in [2.24, 2.45) is 5.41 Å². The van der Waals surface area contributed by atoms with Crippen LogP contribution in [-0.2, 0) is 4.79 Å². The first-order valence-electron chi connectivity index (χ1n) is 6.22. The molecule has 1 unspecified atom stereocenters. The Morgan fingerprint density at radius 1 is 1.24 bits per heavy atom. The van der Waals surface area contributed by atoms with E-state index in [4.69, 9.17) is 0 Å². The van der Waals surface area contributed by atoms with Crippen molar-refractivity contribution in [2.75, 3.05) is 13.1 Å². The van der Waals surface area contributed by atoms with Gasteiger partial charge in [0.05, 0.1) is 11.5 Å². The van der Waals surface area contributed by atoms with Crippen molar-refractivity contribution in [2.45, 2.75) is 25.3 Å². The maximum absolute atomic E-state index is 12.2. The Hall–Kier alpha value is -1.42. The molecule has 1 atom stereocenters. The van der Waals surface area contributed by atoms with Gasteiger partial charge in [-0.05, 0) is 50.0 Å². The summed E-state index contributed by atoms with van der Waals surface area (Å²) >= 11 is 0. The second-order valence-corrected chi connectivity index (χ2v) is 5.04. The average molecular weight is 231 g/mol. The van der Waals surface area contributed by atoms with Gasteiger partial charge in [0.15, 0.2) is 0 Å². The lowest BCUT2D eigenvalue weighted by molar-refractivity contribution is -0.128. The van der Waals surface area contributed by atoms with Crippen molar-refractivity contribution in [1.82, 2.24) is 15.6 Å². The Balaban J connectivity index is 1.82. The molecule has 0 radical (unpaired) electrons. The Labute approximate surface area is 101 Å². The van der Waals surface area contributed by atoms with Gasteiger partial charge in [-0.2, -0.15) is 0 Å². The number of carbonyl (C=O) groups is 1. The van der Waals surface area contributed by atoms with Crippen LogP contribution >= 0.6 is 0 Å². The van der Waals surface area contributed by atoms with E-state index in [1.54, 1.807) is 12.4 Å². The molecule has 0 saturated carbocycles. The molecule has 4 nitrogen and oxygen atoms in total. The van der Waals surface area contributed by atoms with Gasteiger partial charge in [-0.3, -0.25) is 9.78 Å². The molecule has 2 aliphatic rings. The Morgan fingerprint density at radius 2 is 1.94 bits per heavy atom. The van der Waals surface area contributed by atoms with E-state index in [9.17, 15) is 4.79 Å². The standard InChI is InChI=1S/C13H17N3O/c17-12-13(3-7-15-8-4-13)9-11(16-12)10-1-5-14-6-2-10/h1-2,5-6,11,15H,3-4,7-9H2,(H,16,17). The van der Waals surface area contributed by atoms with E-state index in [1.165, 1.54) is 5.56 Å². The lowest BCUT2D eigenvalue weighted by Gasteiger charge is -2.30. The summed E-state index contributed by atoms with van der Waals surface area (Å²) in [5.41, 5.74) is 1.04. The predicted molar refractivity (Wildman–Crippen MR) is 64.3 cm³/mol. The van der Waals surface area contributed by atoms with E-state index in [1.807, 2.05) is 12.1 Å². The first kappa shape index (κ1) is 10.7. The predicted octanol–water partition coefficient (Wildman–Crippen LogP) is 1.01. The molecule has 2 saturated heterocycles. The third-order valence-electron chi connectivity index (χ3n) is 4.05. The van der Waals surface area contributed by atoms with Crippen molar-refractivity contribution in [3.63, 3.8) is 0 Å². The van der Waals surface area contributed by atoms with Crippen molar-refractivity contribution in [3.05, 3.63) is 30.1 Å². The molecule has 1 spiro atoms. The lowest BCUT2D eigenvalue weighted by atomic mass is 9.76. The summed E-state index contributed by atoms with van der Waals surface area (Å²) in [7, 11) is 0. The van der Waals surface area contributed by atoms with Crippen LogP contribution in [0, 0.1) is 5.41 Å². The SMILES string of the molecule is O=C1NC(c2ccncc2)CC12CCNCC2. The average Bonchev–Trinajstić information content (AvgIpc) is 2.69. The smallest absolute Gasteiger partial charge is 0.226 e. The summed E-state index contributed by atoms with van der Waals surface area (Å²) in [5.74, 6) is 0.237. The van der Waals surface area contributed by atoms with Gasteiger partial charge in [0.1, 0.15) is 0 Å². The second-order valence-electron chi connectivity index (χ2n) is 5.04. The van der Waals surface area contributed by atoms with Crippen LogP contribution < -0.4 is 10.6 Å². The number of hydrogen-bond donors (Lipinski definition) is 2. The van der Waals surface area contributed by atoms with Crippen molar-refractivity contribution < 1.29 is 4.79 Å². The molecule has 4 heteroatoms. The minimum Gasteiger partial charge on any atom is -0.349 e. The number of hydrogen-bond acceptors (Lipinski definition) is 3. The van der Waals surface area contributed by atoms with E-state index in [0.29, 0.717) is 0 Å². The second kappa shape index (κ2) is 4.11. The van der Waals surface area contributed by atoms with Crippen molar-refractivity contribution >= 4 is 5.91 Å². The topological polar surface area (TPSA) is 54.0 Å². The fourth-order valence-corrected chi connectivity index (χ4v) is 2.98. The highest BCUT2D eigenvalue weighted by Crippen LogP contribution is 2.43. The summed E-state index contributed by atoms with van der Waals surface area (Å²) in [5, 5.41) is 6.46. The number of rotatable bonds is 1. The van der Waals surface area contributed by atoms with Crippen LogP contribution in [0.4, 0.5) is 0 Å². The molecule has 1 amide bonds. The van der Waals surface area contributed by atoms with Crippen LogP contribution in [0.5, 0.6) is 0 Å². The molecule has 1 aromatic heterocycles. The van der Waals surface area contributed by atoms with Gasteiger partial charge in [-0.1, -0.05) is 0 Å². The lowest BCUT2D eigenvalue weighted by Crippen LogP contribution is -2.41. The molecule has 2 aliphatic heterocycles. The molecular formula is C13H17N3O. The van der Waals surface area contributed by atoms with Gasteiger partial charge in [-0.15, -0.1) is 0 Å². The van der Waals surface area contributed by atoms with Crippen LogP contribution in [0.25, 0.3) is 0 Å². The molecule has 2 N–H and O–H groups in total. The van der Waals surface area contributed by atoms with Crippen LogP contribution in [0.2, 0.25) is 0 Å². The Morgan fingerprint density at radius 3 is 2.65 bits per heavy atom. The molecular weight excluding hydrogens is 214 g/mol. The fraction of sp³-hybridized carbons (Fsp3) is 0.538. The maximum atomic E-state index is 12.2. The van der Waals surface area contributed by atoms with Crippen molar-refractivity contribution in [1.29, 1.82) is 0 Å². The number of nitrogens with zero attached hydrogens (tertiary/aromatic N) is 1. The summed E-state index contributed by atoms with van der Waals surface area (Å²) in [6.07, 6.45) is 6.42. The van der Waals surface area contributed by atoms with Gasteiger partial charge in [0.2, 0.25) is 5.91 Å². The van der Waals surface area contributed by atoms with Crippen LogP contribution in [-0.4, -0.2) is 24.0 Å². The third-order valence-corrected chi connectivity index (χ3v) is 4.05. The zero-order chi connectivity index (χ0) is 11.7. The van der Waals surface area contributed by atoms with Gasteiger partial charge in [0, 0.05) is 12.4 Å². The molecule has 3 rings (SSSR count). The molecule has 90 valence electrons. The van der Waals surface area contributed by atoms with Crippen LogP contribution in [0.3, 0.4) is 0 Å². The number of pyridine rings is 1. The largest absolute Gasteiger partial charge is 0.349 e. The zero-order valence-electron chi connectivity index (χ0n) is 9.78. The molecule has 0 aromatic carbocycles. The summed E-state index contributed by atoms with van der Waals surface area (Å²) in [6.45, 7) is 1.91. The zero-order valence-corrected chi connectivity index (χ0v) is 9.78.